The van der Waals surface area contributed by atoms with Crippen LogP contribution in [0.4, 0.5) is 0 Å². The molecule has 0 aromatic heterocycles. The first-order chi connectivity index (χ1) is 9.15. The van der Waals surface area contributed by atoms with Crippen LogP contribution >= 0.6 is 12.4 Å². The normalized spacial score (nSPS) is 11.7. The molecule has 0 aliphatic heterocycles. The van der Waals surface area contributed by atoms with Crippen molar-refractivity contribution in [2.24, 2.45) is 5.73 Å². The zero-order chi connectivity index (χ0) is 14.3. The number of benzene rings is 1. The van der Waals surface area contributed by atoms with E-state index in [0.717, 1.165) is 42.7 Å². The van der Waals surface area contributed by atoms with Gasteiger partial charge in [-0.15, -0.1) is 12.4 Å². The van der Waals surface area contributed by atoms with Gasteiger partial charge in [0.1, 0.15) is 11.5 Å². The van der Waals surface area contributed by atoms with Gasteiger partial charge in [-0.25, -0.2) is 0 Å². The maximum Gasteiger partial charge on any atom is 0.122 e. The summed E-state index contributed by atoms with van der Waals surface area (Å²) in [4.78, 5) is 0. The molecule has 0 heterocycles. The zero-order valence-electron chi connectivity index (χ0n) is 13.1. The standard InChI is InChI=1S/C16H27NO2.ClH/c1-5-7-8-12-10-16(19-4)13(9-14(17)6-2)11-15(12)18-3;/h10-11,14H,5-9,17H2,1-4H3;1H. The van der Waals surface area contributed by atoms with Crippen LogP contribution in [0.3, 0.4) is 0 Å². The third kappa shape index (κ3) is 5.22. The van der Waals surface area contributed by atoms with Crippen LogP contribution in [-0.2, 0) is 12.8 Å². The summed E-state index contributed by atoms with van der Waals surface area (Å²) in [5.74, 6) is 1.88. The zero-order valence-corrected chi connectivity index (χ0v) is 13.9. The van der Waals surface area contributed by atoms with Gasteiger partial charge in [0.25, 0.3) is 0 Å². The second-order valence-electron chi connectivity index (χ2n) is 4.95. The third-order valence-electron chi connectivity index (χ3n) is 3.49. The summed E-state index contributed by atoms with van der Waals surface area (Å²) in [5, 5.41) is 0. The van der Waals surface area contributed by atoms with Gasteiger partial charge in [-0.1, -0.05) is 20.3 Å². The summed E-state index contributed by atoms with van der Waals surface area (Å²) < 4.78 is 11.0. The van der Waals surface area contributed by atoms with Crippen LogP contribution in [0.2, 0.25) is 0 Å². The molecule has 0 radical (unpaired) electrons. The molecule has 0 amide bonds. The number of hydrogen-bond donors (Lipinski definition) is 1. The minimum absolute atomic E-state index is 0. The predicted molar refractivity (Wildman–Crippen MR) is 87.4 cm³/mol. The SMILES string of the molecule is CCCCc1cc(OC)c(CC(N)CC)cc1OC.Cl. The highest BCUT2D eigenvalue weighted by Crippen LogP contribution is 2.31. The number of hydrogen-bond acceptors (Lipinski definition) is 3. The second kappa shape index (κ2) is 9.89. The van der Waals surface area contributed by atoms with Gasteiger partial charge >= 0.3 is 0 Å². The number of ether oxygens (including phenoxy) is 2. The number of aryl methyl sites for hydroxylation is 1. The lowest BCUT2D eigenvalue weighted by Gasteiger charge is -2.17. The fraction of sp³-hybridized carbons (Fsp3) is 0.625. The molecule has 0 fully saturated rings. The highest BCUT2D eigenvalue weighted by molar-refractivity contribution is 5.85. The smallest absolute Gasteiger partial charge is 0.122 e. The van der Waals surface area contributed by atoms with Crippen LogP contribution in [0.5, 0.6) is 11.5 Å². The Hall–Kier alpha value is -0.930. The molecule has 0 spiro atoms. The van der Waals surface area contributed by atoms with Crippen molar-refractivity contribution in [3.63, 3.8) is 0 Å². The minimum Gasteiger partial charge on any atom is -0.496 e. The second-order valence-corrected chi connectivity index (χ2v) is 4.95. The fourth-order valence-corrected chi connectivity index (χ4v) is 2.17. The Morgan fingerprint density at radius 2 is 1.60 bits per heavy atom. The monoisotopic (exact) mass is 301 g/mol. The van der Waals surface area contributed by atoms with Crippen LogP contribution in [0.15, 0.2) is 12.1 Å². The van der Waals surface area contributed by atoms with E-state index in [9.17, 15) is 0 Å². The van der Waals surface area contributed by atoms with Gasteiger partial charge in [0.05, 0.1) is 14.2 Å². The fourth-order valence-electron chi connectivity index (χ4n) is 2.17. The van der Waals surface area contributed by atoms with Crippen molar-refractivity contribution in [2.75, 3.05) is 14.2 Å². The molecule has 3 nitrogen and oxygen atoms in total. The Kier molecular flexibility index (Phi) is 9.43. The molecule has 20 heavy (non-hydrogen) atoms. The number of methoxy groups -OCH3 is 2. The van der Waals surface area contributed by atoms with Gasteiger partial charge < -0.3 is 15.2 Å². The van der Waals surface area contributed by atoms with Crippen molar-refractivity contribution in [1.82, 2.24) is 0 Å². The lowest BCUT2D eigenvalue weighted by atomic mass is 9.99. The van der Waals surface area contributed by atoms with E-state index < -0.39 is 0 Å². The molecule has 2 N–H and O–H groups in total. The Labute approximate surface area is 129 Å². The molecular weight excluding hydrogens is 274 g/mol. The number of nitrogens with two attached hydrogens (primary N) is 1. The van der Waals surface area contributed by atoms with E-state index in [1.54, 1.807) is 14.2 Å². The van der Waals surface area contributed by atoms with Gasteiger partial charge in [0.15, 0.2) is 0 Å². The predicted octanol–water partition coefficient (Wildman–Crippen LogP) is 3.75. The van der Waals surface area contributed by atoms with Crippen LogP contribution in [0, 0.1) is 0 Å². The van der Waals surface area contributed by atoms with Crippen LogP contribution in [-0.4, -0.2) is 20.3 Å². The summed E-state index contributed by atoms with van der Waals surface area (Å²) in [7, 11) is 3.44. The maximum atomic E-state index is 6.04. The molecule has 0 bridgehead atoms. The average molecular weight is 302 g/mol. The van der Waals surface area contributed by atoms with E-state index in [2.05, 4.69) is 26.0 Å². The van der Waals surface area contributed by atoms with E-state index in [1.807, 2.05) is 0 Å². The number of halogens is 1. The average Bonchev–Trinajstić information content (AvgIpc) is 2.44. The Bertz CT molecular complexity index is 396. The van der Waals surface area contributed by atoms with Crippen molar-refractivity contribution in [3.05, 3.63) is 23.3 Å². The summed E-state index contributed by atoms with van der Waals surface area (Å²) in [6.45, 7) is 4.29. The third-order valence-corrected chi connectivity index (χ3v) is 3.49. The number of rotatable bonds is 8. The molecule has 1 aromatic carbocycles. The lowest BCUT2D eigenvalue weighted by Crippen LogP contribution is -2.21. The Morgan fingerprint density at radius 1 is 1.05 bits per heavy atom. The van der Waals surface area contributed by atoms with Crippen molar-refractivity contribution in [3.8, 4) is 11.5 Å². The quantitative estimate of drug-likeness (QED) is 0.795. The molecule has 1 rings (SSSR count). The van der Waals surface area contributed by atoms with Crippen molar-refractivity contribution >= 4 is 12.4 Å². The Morgan fingerprint density at radius 3 is 2.10 bits per heavy atom. The van der Waals surface area contributed by atoms with Crippen molar-refractivity contribution < 1.29 is 9.47 Å². The van der Waals surface area contributed by atoms with E-state index in [0.29, 0.717) is 0 Å². The van der Waals surface area contributed by atoms with E-state index >= 15 is 0 Å². The minimum atomic E-state index is 0. The molecule has 1 atom stereocenters. The van der Waals surface area contributed by atoms with Gasteiger partial charge in [-0.3, -0.25) is 0 Å². The first kappa shape index (κ1) is 19.1. The largest absolute Gasteiger partial charge is 0.496 e. The van der Waals surface area contributed by atoms with Gasteiger partial charge in [-0.2, -0.15) is 0 Å². The van der Waals surface area contributed by atoms with Crippen molar-refractivity contribution in [2.45, 2.75) is 52.0 Å². The molecule has 0 aliphatic rings. The summed E-state index contributed by atoms with van der Waals surface area (Å²) >= 11 is 0. The van der Waals surface area contributed by atoms with Gasteiger partial charge in [0.2, 0.25) is 0 Å². The molecule has 0 saturated carbocycles. The van der Waals surface area contributed by atoms with Crippen LogP contribution in [0.1, 0.15) is 44.2 Å². The number of unbranched alkanes of at least 4 members (excludes halogenated alkanes) is 1. The summed E-state index contributed by atoms with van der Waals surface area (Å²) in [6.07, 6.45) is 5.14. The highest BCUT2D eigenvalue weighted by Gasteiger charge is 2.13. The van der Waals surface area contributed by atoms with E-state index in [-0.39, 0.29) is 18.4 Å². The molecule has 0 aliphatic carbocycles. The van der Waals surface area contributed by atoms with Gasteiger partial charge in [-0.05, 0) is 48.9 Å². The Balaban J connectivity index is 0.00000361. The van der Waals surface area contributed by atoms with Crippen LogP contribution in [0.25, 0.3) is 0 Å². The highest BCUT2D eigenvalue weighted by atomic mass is 35.5. The topological polar surface area (TPSA) is 44.5 Å². The maximum absolute atomic E-state index is 6.04. The molecule has 1 aromatic rings. The van der Waals surface area contributed by atoms with Gasteiger partial charge in [0, 0.05) is 6.04 Å². The summed E-state index contributed by atoms with van der Waals surface area (Å²) in [5.41, 5.74) is 8.39. The molecule has 116 valence electrons. The first-order valence-electron chi connectivity index (χ1n) is 7.15. The molecule has 4 heteroatoms. The summed E-state index contributed by atoms with van der Waals surface area (Å²) in [6, 6.07) is 4.35. The molecular formula is C16H28ClNO2. The van der Waals surface area contributed by atoms with Crippen LogP contribution < -0.4 is 15.2 Å². The first-order valence-corrected chi connectivity index (χ1v) is 7.15. The molecule has 1 unspecified atom stereocenters. The van der Waals surface area contributed by atoms with Crippen molar-refractivity contribution in [1.29, 1.82) is 0 Å². The molecule has 0 saturated heterocycles. The van der Waals surface area contributed by atoms with E-state index in [4.69, 9.17) is 15.2 Å². The lowest BCUT2D eigenvalue weighted by molar-refractivity contribution is 0.392. The van der Waals surface area contributed by atoms with E-state index in [1.165, 1.54) is 12.0 Å².